The molecule has 0 radical (unpaired) electrons. The number of hydrogen-bond acceptors (Lipinski definition) is 6. The van der Waals surface area contributed by atoms with Gasteiger partial charge in [-0.25, -0.2) is 22.9 Å². The molecule has 0 spiro atoms. The molecule has 0 aliphatic carbocycles. The van der Waals surface area contributed by atoms with E-state index in [9.17, 15) is 18.0 Å². The fraction of sp³-hybridized carbons (Fsp3) is 0.227. The Morgan fingerprint density at radius 2 is 1.82 bits per heavy atom. The molecule has 0 saturated carbocycles. The fourth-order valence-electron chi connectivity index (χ4n) is 2.95. The Balaban J connectivity index is 1.71. The first kappa shape index (κ1) is 24.4. The number of halogens is 1. The number of hydrogen-bond donors (Lipinski definition) is 2. The van der Waals surface area contributed by atoms with E-state index in [-0.39, 0.29) is 24.6 Å². The molecule has 1 amide bonds. The number of rotatable bonds is 10. The van der Waals surface area contributed by atoms with Gasteiger partial charge in [-0.3, -0.25) is 4.79 Å². The molecule has 1 heterocycles. The highest BCUT2D eigenvalue weighted by Crippen LogP contribution is 2.16. The molecule has 0 bridgehead atoms. The second kappa shape index (κ2) is 11.1. The Morgan fingerprint density at radius 3 is 2.42 bits per heavy atom. The van der Waals surface area contributed by atoms with Crippen LogP contribution in [0.25, 0.3) is 0 Å². The molecule has 2 aromatic carbocycles. The van der Waals surface area contributed by atoms with Crippen LogP contribution in [0.2, 0.25) is 5.02 Å². The van der Waals surface area contributed by atoms with Gasteiger partial charge in [0.15, 0.2) is 0 Å². The lowest BCUT2D eigenvalue weighted by molar-refractivity contribution is -0.120. The van der Waals surface area contributed by atoms with Crippen LogP contribution >= 0.6 is 11.6 Å². The molecule has 3 rings (SSSR count). The average molecular weight is 491 g/mol. The standard InChI is InChI=1S/C22H23ClN4O5S/c1-2-32-22(29)16-3-7-19(8-4-16)26-21(28)17(14-27-12-11-24-15-27)13-25-33(30,31)20-9-5-18(23)6-10-20/h3-12,15,17,25H,2,13-14H2,1H3,(H,26,28). The van der Waals surface area contributed by atoms with Gasteiger partial charge in [0, 0.05) is 36.2 Å². The third kappa shape index (κ3) is 6.88. The van der Waals surface area contributed by atoms with Crippen molar-refractivity contribution in [2.24, 2.45) is 5.92 Å². The predicted octanol–water partition coefficient (Wildman–Crippen LogP) is 2.95. The summed E-state index contributed by atoms with van der Waals surface area (Å²) in [5.41, 5.74) is 0.824. The Labute approximate surface area is 196 Å². The maximum Gasteiger partial charge on any atom is 0.338 e. The topological polar surface area (TPSA) is 119 Å². The van der Waals surface area contributed by atoms with Crippen LogP contribution in [-0.4, -0.2) is 43.0 Å². The van der Waals surface area contributed by atoms with Crippen LogP contribution < -0.4 is 10.0 Å². The van der Waals surface area contributed by atoms with Crippen molar-refractivity contribution in [2.45, 2.75) is 18.4 Å². The number of benzene rings is 2. The van der Waals surface area contributed by atoms with Gasteiger partial charge < -0.3 is 14.6 Å². The Kier molecular flexibility index (Phi) is 8.21. The molecule has 1 unspecified atom stereocenters. The van der Waals surface area contributed by atoms with E-state index in [0.717, 1.165) is 0 Å². The van der Waals surface area contributed by atoms with E-state index >= 15 is 0 Å². The van der Waals surface area contributed by atoms with Gasteiger partial charge in [-0.15, -0.1) is 0 Å². The van der Waals surface area contributed by atoms with Gasteiger partial charge in [0.1, 0.15) is 0 Å². The first-order valence-corrected chi connectivity index (χ1v) is 11.9. The summed E-state index contributed by atoms with van der Waals surface area (Å²) in [6, 6.07) is 12.0. The predicted molar refractivity (Wildman–Crippen MR) is 123 cm³/mol. The molecule has 174 valence electrons. The third-order valence-corrected chi connectivity index (χ3v) is 6.36. The lowest BCUT2D eigenvalue weighted by Crippen LogP contribution is -2.37. The van der Waals surface area contributed by atoms with Gasteiger partial charge in [0.05, 0.1) is 29.3 Å². The molecular formula is C22H23ClN4O5S. The number of sulfonamides is 1. The number of amides is 1. The van der Waals surface area contributed by atoms with Crippen molar-refractivity contribution in [3.8, 4) is 0 Å². The number of anilines is 1. The van der Waals surface area contributed by atoms with Gasteiger partial charge in [-0.1, -0.05) is 11.6 Å². The Bertz CT molecular complexity index is 1180. The minimum absolute atomic E-state index is 0.0447. The molecular weight excluding hydrogens is 468 g/mol. The molecule has 0 aliphatic rings. The number of nitrogens with one attached hydrogen (secondary N) is 2. The van der Waals surface area contributed by atoms with Crippen molar-refractivity contribution in [1.82, 2.24) is 14.3 Å². The molecule has 0 fully saturated rings. The van der Waals surface area contributed by atoms with Crippen LogP contribution in [-0.2, 0) is 26.1 Å². The summed E-state index contributed by atoms with van der Waals surface area (Å²) < 4.78 is 34.4. The zero-order chi connectivity index (χ0) is 23.8. The quantitative estimate of drug-likeness (QED) is 0.422. The van der Waals surface area contributed by atoms with Crippen molar-refractivity contribution in [3.63, 3.8) is 0 Å². The number of imidazole rings is 1. The summed E-state index contributed by atoms with van der Waals surface area (Å²) >= 11 is 5.83. The number of ether oxygens (including phenoxy) is 1. The normalized spacial score (nSPS) is 12.2. The zero-order valence-electron chi connectivity index (χ0n) is 17.8. The van der Waals surface area contributed by atoms with Gasteiger partial charge in [-0.05, 0) is 55.5 Å². The molecule has 1 aromatic heterocycles. The minimum Gasteiger partial charge on any atom is -0.462 e. The maximum atomic E-state index is 13.0. The number of aromatic nitrogens is 2. The largest absolute Gasteiger partial charge is 0.462 e. The van der Waals surface area contributed by atoms with Crippen LogP contribution in [0.4, 0.5) is 5.69 Å². The lowest BCUT2D eigenvalue weighted by atomic mass is 10.1. The van der Waals surface area contributed by atoms with Crippen LogP contribution in [0, 0.1) is 5.92 Å². The monoisotopic (exact) mass is 490 g/mol. The molecule has 9 nitrogen and oxygen atoms in total. The molecule has 33 heavy (non-hydrogen) atoms. The van der Waals surface area contributed by atoms with E-state index in [4.69, 9.17) is 16.3 Å². The summed E-state index contributed by atoms with van der Waals surface area (Å²) in [6.07, 6.45) is 4.80. The van der Waals surface area contributed by atoms with Crippen LogP contribution in [0.15, 0.2) is 72.1 Å². The number of nitrogens with zero attached hydrogens (tertiary/aromatic N) is 2. The molecule has 2 N–H and O–H groups in total. The second-order valence-corrected chi connectivity index (χ2v) is 9.25. The SMILES string of the molecule is CCOC(=O)c1ccc(NC(=O)C(CNS(=O)(=O)c2ccc(Cl)cc2)Cn2ccnc2)cc1. The van der Waals surface area contributed by atoms with E-state index in [1.165, 1.54) is 24.3 Å². The average Bonchev–Trinajstić information content (AvgIpc) is 3.31. The molecule has 3 aromatic rings. The minimum atomic E-state index is -3.84. The van der Waals surface area contributed by atoms with Crippen molar-refractivity contribution in [2.75, 3.05) is 18.5 Å². The molecule has 1 atom stereocenters. The summed E-state index contributed by atoms with van der Waals surface area (Å²) in [6.45, 7) is 2.04. The van der Waals surface area contributed by atoms with Gasteiger partial charge >= 0.3 is 5.97 Å². The van der Waals surface area contributed by atoms with Gasteiger partial charge in [0.2, 0.25) is 15.9 Å². The van der Waals surface area contributed by atoms with E-state index in [0.29, 0.717) is 16.3 Å². The third-order valence-electron chi connectivity index (χ3n) is 4.67. The highest BCUT2D eigenvalue weighted by molar-refractivity contribution is 7.89. The van der Waals surface area contributed by atoms with Crippen LogP contribution in [0.1, 0.15) is 17.3 Å². The maximum absolute atomic E-state index is 13.0. The van der Waals surface area contributed by atoms with Crippen LogP contribution in [0.5, 0.6) is 0 Å². The highest BCUT2D eigenvalue weighted by atomic mass is 35.5. The summed E-state index contributed by atoms with van der Waals surface area (Å²) in [5, 5.41) is 3.18. The molecule has 0 saturated heterocycles. The summed E-state index contributed by atoms with van der Waals surface area (Å²) in [7, 11) is -3.84. The number of carbonyl (C=O) groups is 2. The first-order valence-electron chi connectivity index (χ1n) is 10.1. The highest BCUT2D eigenvalue weighted by Gasteiger charge is 2.23. The Morgan fingerprint density at radius 1 is 1.12 bits per heavy atom. The number of carbonyl (C=O) groups excluding carboxylic acids is 2. The van der Waals surface area contributed by atoms with E-state index in [1.54, 1.807) is 54.5 Å². The summed E-state index contributed by atoms with van der Waals surface area (Å²) in [5.74, 6) is -1.60. The van der Waals surface area contributed by atoms with E-state index in [2.05, 4.69) is 15.0 Å². The smallest absolute Gasteiger partial charge is 0.338 e. The summed E-state index contributed by atoms with van der Waals surface area (Å²) in [4.78, 5) is 28.8. The molecule has 11 heteroatoms. The fourth-order valence-corrected chi connectivity index (χ4v) is 4.15. The second-order valence-electron chi connectivity index (χ2n) is 7.05. The van der Waals surface area contributed by atoms with Crippen molar-refractivity contribution < 1.29 is 22.7 Å². The van der Waals surface area contributed by atoms with E-state index < -0.39 is 27.8 Å². The molecule has 0 aliphatic heterocycles. The van der Waals surface area contributed by atoms with Crippen LogP contribution in [0.3, 0.4) is 0 Å². The lowest BCUT2D eigenvalue weighted by Gasteiger charge is -2.18. The number of esters is 1. The first-order chi connectivity index (χ1) is 15.8. The van der Waals surface area contributed by atoms with Crippen molar-refractivity contribution >= 4 is 39.2 Å². The van der Waals surface area contributed by atoms with E-state index in [1.807, 2.05) is 0 Å². The van der Waals surface area contributed by atoms with Gasteiger partial charge in [-0.2, -0.15) is 0 Å². The van der Waals surface area contributed by atoms with Crippen molar-refractivity contribution in [1.29, 1.82) is 0 Å². The zero-order valence-corrected chi connectivity index (χ0v) is 19.3. The van der Waals surface area contributed by atoms with Crippen molar-refractivity contribution in [3.05, 3.63) is 77.8 Å². The van der Waals surface area contributed by atoms with Gasteiger partial charge in [0.25, 0.3) is 0 Å². The Hall–Kier alpha value is -3.21.